The van der Waals surface area contributed by atoms with Gasteiger partial charge in [-0.15, -0.1) is 0 Å². The molecule has 0 saturated carbocycles. The monoisotopic (exact) mass is 208 g/mol. The van der Waals surface area contributed by atoms with Crippen LogP contribution < -0.4 is 5.73 Å². The predicted octanol–water partition coefficient (Wildman–Crippen LogP) is 1.77. The van der Waals surface area contributed by atoms with Crippen LogP contribution in [0.1, 0.15) is 26.3 Å². The Labute approximate surface area is 91.7 Å². The van der Waals surface area contributed by atoms with Crippen molar-refractivity contribution < 1.29 is 4.74 Å². The van der Waals surface area contributed by atoms with E-state index in [1.54, 1.807) is 12.4 Å². The molecule has 0 amide bonds. The number of ether oxygens (including phenoxy) is 1. The zero-order valence-electron chi connectivity index (χ0n) is 9.73. The summed E-state index contributed by atoms with van der Waals surface area (Å²) in [5.41, 5.74) is 7.06. The number of hydrogen-bond acceptors (Lipinski definition) is 3. The van der Waals surface area contributed by atoms with Crippen LogP contribution in [0.25, 0.3) is 0 Å². The summed E-state index contributed by atoms with van der Waals surface area (Å²) < 4.78 is 5.62. The van der Waals surface area contributed by atoms with Crippen molar-refractivity contribution in [3.8, 4) is 0 Å². The zero-order valence-corrected chi connectivity index (χ0v) is 9.73. The molecule has 15 heavy (non-hydrogen) atoms. The maximum Gasteiger partial charge on any atom is 0.0627 e. The van der Waals surface area contributed by atoms with Gasteiger partial charge in [0.25, 0.3) is 0 Å². The van der Waals surface area contributed by atoms with E-state index in [4.69, 9.17) is 10.5 Å². The molecule has 0 bridgehead atoms. The Kier molecular flexibility index (Phi) is 4.24. The van der Waals surface area contributed by atoms with Crippen LogP contribution in [0, 0.1) is 0 Å². The van der Waals surface area contributed by atoms with Gasteiger partial charge in [-0.1, -0.05) is 0 Å². The van der Waals surface area contributed by atoms with E-state index in [0.717, 1.165) is 6.42 Å². The minimum atomic E-state index is -0.115. The number of nitrogens with zero attached hydrogens (tertiary/aromatic N) is 1. The average Bonchev–Trinajstić information content (AvgIpc) is 2.15. The van der Waals surface area contributed by atoms with Gasteiger partial charge in [-0.25, -0.2) is 0 Å². The molecule has 0 aromatic carbocycles. The van der Waals surface area contributed by atoms with Crippen molar-refractivity contribution in [1.82, 2.24) is 4.98 Å². The third-order valence-corrected chi connectivity index (χ3v) is 1.98. The summed E-state index contributed by atoms with van der Waals surface area (Å²) >= 11 is 0. The summed E-state index contributed by atoms with van der Waals surface area (Å²) in [5, 5.41) is 0. The number of nitrogens with two attached hydrogens (primary N) is 1. The molecule has 0 radical (unpaired) electrons. The summed E-state index contributed by atoms with van der Waals surface area (Å²) in [6.45, 7) is 6.69. The van der Waals surface area contributed by atoms with Gasteiger partial charge in [0.1, 0.15) is 0 Å². The van der Waals surface area contributed by atoms with Crippen LogP contribution in [-0.4, -0.2) is 23.2 Å². The fraction of sp³-hybridized carbons (Fsp3) is 0.583. The lowest BCUT2D eigenvalue weighted by atomic mass is 10.1. The van der Waals surface area contributed by atoms with Gasteiger partial charge in [0.15, 0.2) is 0 Å². The Bertz CT molecular complexity index is 279. The maximum absolute atomic E-state index is 5.97. The van der Waals surface area contributed by atoms with E-state index in [2.05, 4.69) is 4.98 Å². The van der Waals surface area contributed by atoms with Crippen LogP contribution in [0.15, 0.2) is 24.5 Å². The number of hydrogen-bond donors (Lipinski definition) is 1. The van der Waals surface area contributed by atoms with Gasteiger partial charge in [-0.05, 0) is 44.9 Å². The summed E-state index contributed by atoms with van der Waals surface area (Å²) in [7, 11) is 0. The molecule has 1 heterocycles. The largest absolute Gasteiger partial charge is 0.374 e. The number of pyridine rings is 1. The molecule has 0 saturated heterocycles. The van der Waals surface area contributed by atoms with Gasteiger partial charge in [0.2, 0.25) is 0 Å². The van der Waals surface area contributed by atoms with E-state index in [9.17, 15) is 0 Å². The molecule has 1 atom stereocenters. The van der Waals surface area contributed by atoms with Crippen LogP contribution in [0.3, 0.4) is 0 Å². The summed E-state index contributed by atoms with van der Waals surface area (Å²) in [6.07, 6.45) is 4.40. The van der Waals surface area contributed by atoms with E-state index in [-0.39, 0.29) is 11.6 Å². The van der Waals surface area contributed by atoms with Gasteiger partial charge in [0, 0.05) is 18.4 Å². The van der Waals surface area contributed by atoms with E-state index in [1.165, 1.54) is 5.56 Å². The molecule has 2 N–H and O–H groups in total. The molecule has 0 aliphatic heterocycles. The molecule has 3 nitrogen and oxygen atoms in total. The van der Waals surface area contributed by atoms with Crippen LogP contribution in [0.5, 0.6) is 0 Å². The summed E-state index contributed by atoms with van der Waals surface area (Å²) in [6, 6.07) is 4.01. The van der Waals surface area contributed by atoms with Gasteiger partial charge in [-0.2, -0.15) is 0 Å². The average molecular weight is 208 g/mol. The summed E-state index contributed by atoms with van der Waals surface area (Å²) in [5.74, 6) is 0. The SMILES string of the molecule is CC(C)(C)OCC(N)Cc1ccncc1. The first-order valence-corrected chi connectivity index (χ1v) is 5.26. The fourth-order valence-corrected chi connectivity index (χ4v) is 1.24. The van der Waals surface area contributed by atoms with Crippen LogP contribution in [0.4, 0.5) is 0 Å². The number of aromatic nitrogens is 1. The second kappa shape index (κ2) is 5.24. The molecule has 84 valence electrons. The second-order valence-electron chi connectivity index (χ2n) is 4.74. The van der Waals surface area contributed by atoms with Crippen molar-refractivity contribution in [2.45, 2.75) is 38.8 Å². The second-order valence-corrected chi connectivity index (χ2v) is 4.74. The van der Waals surface area contributed by atoms with E-state index >= 15 is 0 Å². The Morgan fingerprint density at radius 2 is 1.93 bits per heavy atom. The van der Waals surface area contributed by atoms with Crippen molar-refractivity contribution >= 4 is 0 Å². The maximum atomic E-state index is 5.97. The van der Waals surface area contributed by atoms with Crippen molar-refractivity contribution in [1.29, 1.82) is 0 Å². The van der Waals surface area contributed by atoms with E-state index in [1.807, 2.05) is 32.9 Å². The van der Waals surface area contributed by atoms with Crippen LogP contribution in [0.2, 0.25) is 0 Å². The third-order valence-electron chi connectivity index (χ3n) is 1.98. The highest BCUT2D eigenvalue weighted by molar-refractivity contribution is 5.11. The Morgan fingerprint density at radius 3 is 2.47 bits per heavy atom. The molecular formula is C12H20N2O. The first kappa shape index (κ1) is 12.1. The standard InChI is InChI=1S/C12H20N2O/c1-12(2,3)15-9-11(13)8-10-4-6-14-7-5-10/h4-7,11H,8-9,13H2,1-3H3. The Morgan fingerprint density at radius 1 is 1.33 bits per heavy atom. The van der Waals surface area contributed by atoms with E-state index in [0.29, 0.717) is 6.61 Å². The molecule has 0 spiro atoms. The van der Waals surface area contributed by atoms with Gasteiger partial charge >= 0.3 is 0 Å². The molecule has 1 unspecified atom stereocenters. The zero-order chi connectivity index (χ0) is 11.3. The minimum Gasteiger partial charge on any atom is -0.374 e. The lowest BCUT2D eigenvalue weighted by Crippen LogP contribution is -2.33. The molecule has 1 aromatic heterocycles. The number of rotatable bonds is 4. The summed E-state index contributed by atoms with van der Waals surface area (Å²) in [4.78, 5) is 3.97. The lowest BCUT2D eigenvalue weighted by Gasteiger charge is -2.22. The quantitative estimate of drug-likeness (QED) is 0.820. The molecule has 1 rings (SSSR count). The Hall–Kier alpha value is -0.930. The van der Waals surface area contributed by atoms with Gasteiger partial charge < -0.3 is 10.5 Å². The highest BCUT2D eigenvalue weighted by Gasteiger charge is 2.12. The highest BCUT2D eigenvalue weighted by Crippen LogP contribution is 2.08. The van der Waals surface area contributed by atoms with Crippen molar-refractivity contribution in [2.75, 3.05) is 6.61 Å². The molecule has 0 aliphatic carbocycles. The lowest BCUT2D eigenvalue weighted by molar-refractivity contribution is -0.00983. The minimum absolute atomic E-state index is 0.0478. The molecule has 0 aliphatic rings. The van der Waals surface area contributed by atoms with Crippen LogP contribution >= 0.6 is 0 Å². The van der Waals surface area contributed by atoms with Crippen molar-refractivity contribution in [3.63, 3.8) is 0 Å². The van der Waals surface area contributed by atoms with Crippen molar-refractivity contribution in [2.24, 2.45) is 5.73 Å². The topological polar surface area (TPSA) is 48.1 Å². The molecular weight excluding hydrogens is 188 g/mol. The third kappa shape index (κ3) is 5.50. The Balaban J connectivity index is 2.34. The van der Waals surface area contributed by atoms with Gasteiger partial charge in [-0.3, -0.25) is 4.98 Å². The normalized spacial score (nSPS) is 13.9. The van der Waals surface area contributed by atoms with Crippen molar-refractivity contribution in [3.05, 3.63) is 30.1 Å². The fourth-order valence-electron chi connectivity index (χ4n) is 1.24. The molecule has 3 heteroatoms. The van der Waals surface area contributed by atoms with Crippen LogP contribution in [-0.2, 0) is 11.2 Å². The van der Waals surface area contributed by atoms with Gasteiger partial charge in [0.05, 0.1) is 12.2 Å². The smallest absolute Gasteiger partial charge is 0.0627 e. The van der Waals surface area contributed by atoms with E-state index < -0.39 is 0 Å². The molecule has 0 fully saturated rings. The predicted molar refractivity (Wildman–Crippen MR) is 61.6 cm³/mol. The molecule has 1 aromatic rings. The first-order valence-electron chi connectivity index (χ1n) is 5.26. The highest BCUT2D eigenvalue weighted by atomic mass is 16.5. The first-order chi connectivity index (χ1) is 6.97.